The van der Waals surface area contributed by atoms with Crippen molar-refractivity contribution in [2.75, 3.05) is 26.8 Å². The summed E-state index contributed by atoms with van der Waals surface area (Å²) in [5.41, 5.74) is 4.45. The fourth-order valence-corrected chi connectivity index (χ4v) is 6.70. The van der Waals surface area contributed by atoms with Crippen molar-refractivity contribution < 1.29 is 14.4 Å². The number of hydrogen-bond acceptors (Lipinski definition) is 4. The van der Waals surface area contributed by atoms with E-state index < -0.39 is 0 Å². The molecule has 2 aromatic carbocycles. The highest BCUT2D eigenvalue weighted by atomic mass is 16.7. The summed E-state index contributed by atoms with van der Waals surface area (Å²) in [5.74, 6) is 1.46. The van der Waals surface area contributed by atoms with Crippen LogP contribution in [-0.4, -0.2) is 53.3 Å². The lowest BCUT2D eigenvalue weighted by molar-refractivity contribution is -0.144. The molecule has 1 amide bonds. The summed E-state index contributed by atoms with van der Waals surface area (Å²) in [7, 11) is 1.62. The third kappa shape index (κ3) is 4.02. The third-order valence-electron chi connectivity index (χ3n) is 8.53. The molecule has 6 heteroatoms. The number of rotatable bonds is 6. The zero-order chi connectivity index (χ0) is 24.6. The van der Waals surface area contributed by atoms with E-state index in [0.717, 1.165) is 62.4 Å². The lowest BCUT2D eigenvalue weighted by atomic mass is 9.71. The number of piperidine rings is 1. The van der Waals surface area contributed by atoms with Gasteiger partial charge in [0, 0.05) is 43.0 Å². The quantitative estimate of drug-likeness (QED) is 0.489. The minimum Gasteiger partial charge on any atom is -0.493 e. The molecule has 4 atom stereocenters. The van der Waals surface area contributed by atoms with E-state index in [2.05, 4.69) is 65.2 Å². The Bertz CT molecular complexity index is 1220. The maximum atomic E-state index is 13.3. The normalized spacial score (nSPS) is 25.9. The van der Waals surface area contributed by atoms with Crippen LogP contribution in [0.3, 0.4) is 0 Å². The smallest absolute Gasteiger partial charge is 0.278 e. The molecule has 0 saturated carbocycles. The van der Waals surface area contributed by atoms with E-state index in [1.165, 1.54) is 11.1 Å². The van der Waals surface area contributed by atoms with Gasteiger partial charge in [-0.05, 0) is 79.6 Å². The second-order valence-electron chi connectivity index (χ2n) is 10.3. The van der Waals surface area contributed by atoms with Crippen LogP contribution in [0.4, 0.5) is 0 Å². The summed E-state index contributed by atoms with van der Waals surface area (Å²) in [6, 6.07) is 19.1. The van der Waals surface area contributed by atoms with Crippen LogP contribution in [0.2, 0.25) is 0 Å². The average molecular weight is 486 g/mol. The molecule has 36 heavy (non-hydrogen) atoms. The van der Waals surface area contributed by atoms with Crippen molar-refractivity contribution in [1.82, 2.24) is 14.5 Å². The zero-order valence-electron chi connectivity index (χ0n) is 21.2. The molecular weight excluding hydrogens is 450 g/mol. The Morgan fingerprint density at radius 1 is 1.06 bits per heavy atom. The van der Waals surface area contributed by atoms with Gasteiger partial charge in [0.2, 0.25) is 0 Å². The van der Waals surface area contributed by atoms with Gasteiger partial charge in [-0.1, -0.05) is 30.3 Å². The summed E-state index contributed by atoms with van der Waals surface area (Å²) in [6.07, 6.45) is 7.44. The number of hydroxylamine groups is 2. The third-order valence-corrected chi connectivity index (χ3v) is 8.53. The molecule has 0 bridgehead atoms. The van der Waals surface area contributed by atoms with Crippen molar-refractivity contribution in [2.45, 2.75) is 50.7 Å². The number of ether oxygens (including phenoxy) is 1. The van der Waals surface area contributed by atoms with Crippen molar-refractivity contribution in [3.63, 3.8) is 0 Å². The highest BCUT2D eigenvalue weighted by molar-refractivity contribution is 5.98. The van der Waals surface area contributed by atoms with Crippen molar-refractivity contribution in [2.24, 2.45) is 5.92 Å². The summed E-state index contributed by atoms with van der Waals surface area (Å²) < 4.78 is 8.30. The Morgan fingerprint density at radius 2 is 1.89 bits per heavy atom. The van der Waals surface area contributed by atoms with Crippen LogP contribution in [0.1, 0.15) is 58.8 Å². The van der Waals surface area contributed by atoms with Gasteiger partial charge in [0.15, 0.2) is 0 Å². The number of nitrogens with zero attached hydrogens (tertiary/aromatic N) is 3. The van der Waals surface area contributed by atoms with Crippen LogP contribution >= 0.6 is 0 Å². The van der Waals surface area contributed by atoms with E-state index in [1.807, 2.05) is 18.2 Å². The van der Waals surface area contributed by atoms with Crippen molar-refractivity contribution >= 4 is 5.91 Å². The second kappa shape index (κ2) is 9.75. The summed E-state index contributed by atoms with van der Waals surface area (Å²) >= 11 is 0. The van der Waals surface area contributed by atoms with Crippen LogP contribution in [0.5, 0.6) is 5.75 Å². The highest BCUT2D eigenvalue weighted by Crippen LogP contribution is 2.50. The first-order chi connectivity index (χ1) is 17.7. The summed E-state index contributed by atoms with van der Waals surface area (Å²) in [4.78, 5) is 21.7. The fourth-order valence-electron chi connectivity index (χ4n) is 6.70. The van der Waals surface area contributed by atoms with E-state index in [-0.39, 0.29) is 23.9 Å². The lowest BCUT2D eigenvalue weighted by Crippen LogP contribution is -2.51. The molecule has 6 rings (SSSR count). The fraction of sp³-hybridized carbons (Fsp3) is 0.433. The molecule has 6 nitrogen and oxygen atoms in total. The molecule has 1 saturated heterocycles. The first-order valence-electron chi connectivity index (χ1n) is 13.2. The SMILES string of the molecule is CON1C(=O)c2ccccc2C1[C@@H]1[C@@H](C)N(CCn2cccc2)CC[C@H]1c1ccc2c(c1)OCCC2. The molecule has 0 radical (unpaired) electrons. The number of likely N-dealkylation sites (tertiary alicyclic amines) is 1. The van der Waals surface area contributed by atoms with Crippen molar-refractivity contribution in [1.29, 1.82) is 0 Å². The molecule has 4 heterocycles. The number of carbonyl (C=O) groups is 1. The number of aromatic nitrogens is 1. The number of amides is 1. The Morgan fingerprint density at radius 3 is 2.72 bits per heavy atom. The second-order valence-corrected chi connectivity index (χ2v) is 10.3. The molecule has 3 aromatic rings. The first kappa shape index (κ1) is 23.3. The van der Waals surface area contributed by atoms with E-state index in [1.54, 1.807) is 12.2 Å². The molecule has 1 unspecified atom stereocenters. The maximum absolute atomic E-state index is 13.3. The Hall–Kier alpha value is -3.09. The topological polar surface area (TPSA) is 46.9 Å². The number of hydrogen-bond donors (Lipinski definition) is 0. The molecule has 3 aliphatic rings. The highest BCUT2D eigenvalue weighted by Gasteiger charge is 2.49. The number of carbonyl (C=O) groups excluding carboxylic acids is 1. The molecule has 1 aromatic heterocycles. The standard InChI is InChI=1S/C30H35N3O3/c1-21-28(29-25-9-3-4-10-26(25)30(34)33(29)35-2)24(13-16-32(21)18-17-31-14-5-6-15-31)23-12-11-22-8-7-19-36-27(22)20-23/h3-6,9-12,14-15,20-21,24,28-29H,7-8,13,16-19H2,1-2H3/t21-,24+,28-,29?/m1/s1. The minimum absolute atomic E-state index is 0.0395. The van der Waals surface area contributed by atoms with Gasteiger partial charge >= 0.3 is 0 Å². The van der Waals surface area contributed by atoms with Crippen LogP contribution in [-0.2, 0) is 17.8 Å². The molecule has 3 aliphatic heterocycles. The predicted molar refractivity (Wildman–Crippen MR) is 139 cm³/mol. The zero-order valence-corrected chi connectivity index (χ0v) is 21.2. The number of aryl methyl sites for hydroxylation is 1. The Kier molecular flexibility index (Phi) is 6.32. The monoisotopic (exact) mass is 485 g/mol. The van der Waals surface area contributed by atoms with E-state index >= 15 is 0 Å². The van der Waals surface area contributed by atoms with Gasteiger partial charge < -0.3 is 9.30 Å². The van der Waals surface area contributed by atoms with Crippen molar-refractivity contribution in [3.05, 3.63) is 89.2 Å². The van der Waals surface area contributed by atoms with Gasteiger partial charge in [0.1, 0.15) is 5.75 Å². The largest absolute Gasteiger partial charge is 0.493 e. The average Bonchev–Trinajstić information content (AvgIpc) is 3.53. The summed E-state index contributed by atoms with van der Waals surface area (Å²) in [5, 5.41) is 1.63. The predicted octanol–water partition coefficient (Wildman–Crippen LogP) is 5.07. The lowest BCUT2D eigenvalue weighted by Gasteiger charge is -2.48. The van der Waals surface area contributed by atoms with Gasteiger partial charge in [-0.15, -0.1) is 0 Å². The first-order valence-corrected chi connectivity index (χ1v) is 13.2. The minimum atomic E-state index is -0.134. The summed E-state index contributed by atoms with van der Waals surface area (Å²) in [6.45, 7) is 6.07. The Balaban J connectivity index is 1.38. The van der Waals surface area contributed by atoms with Gasteiger partial charge in [-0.25, -0.2) is 5.06 Å². The molecule has 0 spiro atoms. The van der Waals surface area contributed by atoms with Gasteiger partial charge in [0.05, 0.1) is 19.8 Å². The van der Waals surface area contributed by atoms with Crippen LogP contribution in [0, 0.1) is 5.92 Å². The van der Waals surface area contributed by atoms with Crippen LogP contribution < -0.4 is 4.74 Å². The van der Waals surface area contributed by atoms with Crippen LogP contribution in [0.15, 0.2) is 67.0 Å². The van der Waals surface area contributed by atoms with Crippen molar-refractivity contribution in [3.8, 4) is 5.75 Å². The molecule has 188 valence electrons. The molecule has 1 fully saturated rings. The maximum Gasteiger partial charge on any atom is 0.278 e. The van der Waals surface area contributed by atoms with E-state index in [9.17, 15) is 4.79 Å². The van der Waals surface area contributed by atoms with E-state index in [4.69, 9.17) is 9.57 Å². The molecule has 0 aliphatic carbocycles. The van der Waals surface area contributed by atoms with Gasteiger partial charge in [-0.2, -0.15) is 0 Å². The molecular formula is C30H35N3O3. The van der Waals surface area contributed by atoms with Gasteiger partial charge in [0.25, 0.3) is 5.91 Å². The Labute approximate surface area is 213 Å². The molecule has 0 N–H and O–H groups in total. The van der Waals surface area contributed by atoms with E-state index in [0.29, 0.717) is 5.92 Å². The van der Waals surface area contributed by atoms with Gasteiger partial charge in [-0.3, -0.25) is 14.5 Å². The van der Waals surface area contributed by atoms with Crippen LogP contribution in [0.25, 0.3) is 0 Å². The number of benzene rings is 2. The number of fused-ring (bicyclic) bond motifs is 2.